The van der Waals surface area contributed by atoms with Crippen molar-refractivity contribution in [2.75, 3.05) is 28.1 Å². The second kappa shape index (κ2) is 8.70. The average Bonchev–Trinajstić information content (AvgIpc) is 2.53. The van der Waals surface area contributed by atoms with Gasteiger partial charge in [0.15, 0.2) is 11.5 Å². The largest absolute Gasteiger partial charge is 0.493 e. The fraction of sp³-hybridized carbons (Fsp3) is 0.529. The highest BCUT2D eigenvalue weighted by molar-refractivity contribution is 5.43. The van der Waals surface area contributed by atoms with Gasteiger partial charge >= 0.3 is 0 Å². The van der Waals surface area contributed by atoms with E-state index in [0.717, 1.165) is 5.56 Å². The average molecular weight is 294 g/mol. The Kier molecular flexibility index (Phi) is 7.26. The van der Waals surface area contributed by atoms with Crippen LogP contribution in [-0.4, -0.2) is 28.1 Å². The second-order valence-electron chi connectivity index (χ2n) is 5.06. The van der Waals surface area contributed by atoms with E-state index in [4.69, 9.17) is 18.9 Å². The first-order chi connectivity index (χ1) is 10.1. The van der Waals surface area contributed by atoms with E-state index in [1.54, 1.807) is 21.3 Å². The zero-order chi connectivity index (χ0) is 15.8. The lowest BCUT2D eigenvalue weighted by Gasteiger charge is -2.28. The van der Waals surface area contributed by atoms with E-state index in [1.165, 1.54) is 0 Å². The number of ether oxygens (including phenoxy) is 4. The van der Waals surface area contributed by atoms with Crippen molar-refractivity contribution in [1.82, 2.24) is 0 Å². The van der Waals surface area contributed by atoms with Crippen LogP contribution in [-0.2, 0) is 9.47 Å². The Hall–Kier alpha value is -1.52. The molecule has 4 nitrogen and oxygen atoms in total. The Balaban J connectivity index is 3.09. The quantitative estimate of drug-likeness (QED) is 0.512. The van der Waals surface area contributed by atoms with Gasteiger partial charge in [-0.25, -0.2) is 0 Å². The molecule has 0 aliphatic carbocycles. The van der Waals surface area contributed by atoms with Gasteiger partial charge in [0.05, 0.1) is 20.3 Å². The maximum atomic E-state index is 5.87. The maximum absolute atomic E-state index is 5.87. The summed E-state index contributed by atoms with van der Waals surface area (Å²) in [6.45, 7) is 8.38. The van der Waals surface area contributed by atoms with Gasteiger partial charge in [-0.2, -0.15) is 0 Å². The predicted molar refractivity (Wildman–Crippen MR) is 83.8 cm³/mol. The molecule has 0 fully saturated rings. The molecule has 4 heteroatoms. The fourth-order valence-corrected chi connectivity index (χ4v) is 2.21. The van der Waals surface area contributed by atoms with Crippen molar-refractivity contribution < 1.29 is 18.9 Å². The Bertz CT molecular complexity index is 444. The first-order valence-electron chi connectivity index (χ1n) is 7.04. The molecule has 3 atom stereocenters. The van der Waals surface area contributed by atoms with Crippen LogP contribution in [0, 0.1) is 11.8 Å². The van der Waals surface area contributed by atoms with Crippen molar-refractivity contribution >= 4 is 0 Å². The molecule has 0 aliphatic heterocycles. The topological polar surface area (TPSA) is 36.9 Å². The van der Waals surface area contributed by atoms with Crippen LogP contribution in [0.3, 0.4) is 0 Å². The van der Waals surface area contributed by atoms with Gasteiger partial charge in [-0.15, -0.1) is 6.58 Å². The number of benzene rings is 1. The van der Waals surface area contributed by atoms with Crippen LogP contribution < -0.4 is 9.47 Å². The highest BCUT2D eigenvalue weighted by Crippen LogP contribution is 2.36. The van der Waals surface area contributed by atoms with Crippen molar-refractivity contribution in [2.24, 2.45) is 11.8 Å². The summed E-state index contributed by atoms with van der Waals surface area (Å²) >= 11 is 0. The Morgan fingerprint density at radius 1 is 1.10 bits per heavy atom. The van der Waals surface area contributed by atoms with E-state index >= 15 is 0 Å². The highest BCUT2D eigenvalue weighted by Gasteiger charge is 2.24. The van der Waals surface area contributed by atoms with Gasteiger partial charge < -0.3 is 18.9 Å². The molecule has 0 saturated heterocycles. The molecule has 0 N–H and O–H groups in total. The lowest BCUT2D eigenvalue weighted by atomic mass is 9.87. The van der Waals surface area contributed by atoms with E-state index in [-0.39, 0.29) is 18.8 Å². The SMILES string of the molecule is C=C[C@H](C)[C@@H](C)[C@@H](OCOC)c1ccc(OC)c(OC)c1. The van der Waals surface area contributed by atoms with Gasteiger partial charge in [-0.05, 0) is 29.5 Å². The Labute approximate surface area is 127 Å². The molecule has 0 unspecified atom stereocenters. The standard InChI is InChI=1S/C17H26O4/c1-7-12(2)13(3)17(21-11-18-4)14-8-9-15(19-5)16(10-14)20-6/h7-10,12-13,17H,1,11H2,2-6H3/t12-,13+,17+/m0/s1. The molecule has 0 heterocycles. The fourth-order valence-electron chi connectivity index (χ4n) is 2.21. The smallest absolute Gasteiger partial charge is 0.161 e. The van der Waals surface area contributed by atoms with Crippen LogP contribution in [0.25, 0.3) is 0 Å². The van der Waals surface area contributed by atoms with Gasteiger partial charge in [-0.3, -0.25) is 0 Å². The second-order valence-corrected chi connectivity index (χ2v) is 5.06. The molecule has 0 radical (unpaired) electrons. The van der Waals surface area contributed by atoms with Gasteiger partial charge in [0.2, 0.25) is 0 Å². The molecule has 0 amide bonds. The molecule has 0 aliphatic rings. The van der Waals surface area contributed by atoms with E-state index in [1.807, 2.05) is 24.3 Å². The highest BCUT2D eigenvalue weighted by atomic mass is 16.7. The van der Waals surface area contributed by atoms with Crippen LogP contribution in [0.15, 0.2) is 30.9 Å². The van der Waals surface area contributed by atoms with Gasteiger partial charge in [0, 0.05) is 7.11 Å². The summed E-state index contributed by atoms with van der Waals surface area (Å²) in [7, 11) is 4.87. The van der Waals surface area contributed by atoms with Crippen molar-refractivity contribution in [2.45, 2.75) is 20.0 Å². The molecule has 118 valence electrons. The maximum Gasteiger partial charge on any atom is 0.161 e. The molecular formula is C17H26O4. The Morgan fingerprint density at radius 2 is 1.76 bits per heavy atom. The first-order valence-corrected chi connectivity index (χ1v) is 7.04. The van der Waals surface area contributed by atoms with Crippen LogP contribution in [0.1, 0.15) is 25.5 Å². The first kappa shape index (κ1) is 17.5. The van der Waals surface area contributed by atoms with Crippen LogP contribution >= 0.6 is 0 Å². The minimum Gasteiger partial charge on any atom is -0.493 e. The summed E-state index contributed by atoms with van der Waals surface area (Å²) in [6.07, 6.45) is 1.84. The number of hydrogen-bond acceptors (Lipinski definition) is 4. The third-order valence-corrected chi connectivity index (χ3v) is 3.78. The molecule has 1 aromatic rings. The molecule has 21 heavy (non-hydrogen) atoms. The predicted octanol–water partition coefficient (Wildman–Crippen LogP) is 3.82. The summed E-state index contributed by atoms with van der Waals surface area (Å²) in [5.41, 5.74) is 1.03. The van der Waals surface area contributed by atoms with E-state index in [9.17, 15) is 0 Å². The van der Waals surface area contributed by atoms with E-state index in [2.05, 4.69) is 20.4 Å². The summed E-state index contributed by atoms with van der Waals surface area (Å²) < 4.78 is 21.6. The third-order valence-electron chi connectivity index (χ3n) is 3.78. The number of rotatable bonds is 9. The molecule has 1 aromatic carbocycles. The van der Waals surface area contributed by atoms with Crippen LogP contribution in [0.5, 0.6) is 11.5 Å². The molecule has 1 rings (SSSR count). The van der Waals surface area contributed by atoms with Gasteiger partial charge in [0.25, 0.3) is 0 Å². The number of allylic oxidation sites excluding steroid dienone is 1. The normalized spacial score (nSPS) is 15.1. The summed E-state index contributed by atoms with van der Waals surface area (Å²) in [6, 6.07) is 5.84. The summed E-state index contributed by atoms with van der Waals surface area (Å²) in [5, 5.41) is 0. The lowest BCUT2D eigenvalue weighted by molar-refractivity contribution is -0.0956. The van der Waals surface area contributed by atoms with Crippen LogP contribution in [0.2, 0.25) is 0 Å². The molecule has 0 bridgehead atoms. The zero-order valence-corrected chi connectivity index (χ0v) is 13.6. The molecule has 0 spiro atoms. The van der Waals surface area contributed by atoms with Crippen molar-refractivity contribution in [3.63, 3.8) is 0 Å². The number of hydrogen-bond donors (Lipinski definition) is 0. The monoisotopic (exact) mass is 294 g/mol. The van der Waals surface area contributed by atoms with E-state index < -0.39 is 0 Å². The van der Waals surface area contributed by atoms with Crippen LogP contribution in [0.4, 0.5) is 0 Å². The van der Waals surface area contributed by atoms with Crippen molar-refractivity contribution in [3.8, 4) is 11.5 Å². The lowest BCUT2D eigenvalue weighted by Crippen LogP contribution is -2.20. The summed E-state index contributed by atoms with van der Waals surface area (Å²) in [5.74, 6) is 1.98. The van der Waals surface area contributed by atoms with Gasteiger partial charge in [0.1, 0.15) is 6.79 Å². The molecule has 0 aromatic heterocycles. The molecular weight excluding hydrogens is 268 g/mol. The minimum atomic E-state index is -0.0993. The third kappa shape index (κ3) is 4.48. The summed E-state index contributed by atoms with van der Waals surface area (Å²) in [4.78, 5) is 0. The zero-order valence-electron chi connectivity index (χ0n) is 13.6. The Morgan fingerprint density at radius 3 is 2.29 bits per heavy atom. The minimum absolute atomic E-state index is 0.0993. The van der Waals surface area contributed by atoms with Crippen molar-refractivity contribution in [3.05, 3.63) is 36.4 Å². The van der Waals surface area contributed by atoms with Crippen molar-refractivity contribution in [1.29, 1.82) is 0 Å². The van der Waals surface area contributed by atoms with E-state index in [0.29, 0.717) is 17.4 Å². The van der Waals surface area contributed by atoms with Gasteiger partial charge in [-0.1, -0.05) is 26.0 Å². The molecule has 0 saturated carbocycles. The number of methoxy groups -OCH3 is 3.